The first-order chi connectivity index (χ1) is 20.7. The number of benzene rings is 3. The minimum absolute atomic E-state index is 0.103. The van der Waals surface area contributed by atoms with Crippen molar-refractivity contribution >= 4 is 39.6 Å². The summed E-state index contributed by atoms with van der Waals surface area (Å²) in [6, 6.07) is 24.0. The minimum atomic E-state index is -1.27. The average Bonchev–Trinajstić information content (AvgIpc) is 3.43. The monoisotopic (exact) mass is 594 g/mol. The number of thiazole rings is 1. The van der Waals surface area contributed by atoms with Crippen molar-refractivity contribution < 1.29 is 14.7 Å². The number of fused-ring (bicyclic) bond motifs is 1. The second kappa shape index (κ2) is 12.9. The Morgan fingerprint density at radius 1 is 1.05 bits per heavy atom. The third kappa shape index (κ3) is 6.55. The summed E-state index contributed by atoms with van der Waals surface area (Å²) in [6.45, 7) is 2.56. The second-order valence-electron chi connectivity index (χ2n) is 11.4. The number of aryl methyl sites for hydroxylation is 1. The maximum Gasteiger partial charge on any atom is 0.249 e. The van der Waals surface area contributed by atoms with E-state index in [1.54, 1.807) is 30.2 Å². The number of likely N-dealkylation sites (N-methyl/N-ethyl adjacent to an activating group) is 2. The zero-order valence-corrected chi connectivity index (χ0v) is 25.6. The Kier molecular flexibility index (Phi) is 9.08. The molecular weight excluding hydrogens is 556 g/mol. The topological polar surface area (TPSA) is 99.8 Å². The standard InChI is InChI=1S/C35H38N4O3S/c1-24-23-43-32(37-24)22-39(3)33(41)27-15-10-18-35(20-27,34(36)42)29(19-25-11-5-4-6-12-25)31(40)21-38(2)30-17-9-14-26-13-7-8-16-28(26)30/h4-18,23,29,31,40H,19-22H2,1-3H3,(H2,36,42)/t29-,31+,35?/m1/s1. The van der Waals surface area contributed by atoms with E-state index in [0.29, 0.717) is 18.5 Å². The normalized spacial score (nSPS) is 17.7. The number of rotatable bonds is 11. The van der Waals surface area contributed by atoms with Crippen LogP contribution in [-0.2, 0) is 22.6 Å². The number of nitrogens with two attached hydrogens (primary N) is 1. The number of amides is 2. The molecular formula is C35H38N4O3S. The summed E-state index contributed by atoms with van der Waals surface area (Å²) in [5, 5.41) is 17.0. The molecule has 1 aromatic heterocycles. The highest BCUT2D eigenvalue weighted by Gasteiger charge is 2.48. The number of aromatic nitrogens is 1. The van der Waals surface area contributed by atoms with Crippen molar-refractivity contribution in [1.29, 1.82) is 0 Å². The molecule has 0 bridgehead atoms. The molecule has 2 amide bonds. The fraction of sp³-hybridized carbons (Fsp3) is 0.286. The van der Waals surface area contributed by atoms with Gasteiger partial charge in [0.25, 0.3) is 0 Å². The van der Waals surface area contributed by atoms with Gasteiger partial charge in [0, 0.05) is 54.3 Å². The highest BCUT2D eigenvalue weighted by Crippen LogP contribution is 2.43. The van der Waals surface area contributed by atoms with Crippen LogP contribution in [0, 0.1) is 18.3 Å². The number of aliphatic hydroxyl groups is 1. The van der Waals surface area contributed by atoms with E-state index in [2.05, 4.69) is 23.2 Å². The number of primary amides is 1. The maximum atomic E-state index is 13.6. The Balaban J connectivity index is 1.45. The highest BCUT2D eigenvalue weighted by atomic mass is 32.1. The van der Waals surface area contributed by atoms with Crippen molar-refractivity contribution in [2.75, 3.05) is 25.5 Å². The maximum absolute atomic E-state index is 13.6. The van der Waals surface area contributed by atoms with Gasteiger partial charge in [-0.3, -0.25) is 9.59 Å². The molecule has 3 N–H and O–H groups in total. The molecule has 43 heavy (non-hydrogen) atoms. The van der Waals surface area contributed by atoms with E-state index >= 15 is 0 Å². The molecule has 0 saturated heterocycles. The molecule has 3 aromatic carbocycles. The van der Waals surface area contributed by atoms with Crippen LogP contribution in [0.1, 0.15) is 22.7 Å². The van der Waals surface area contributed by atoms with E-state index < -0.39 is 23.3 Å². The fourth-order valence-electron chi connectivity index (χ4n) is 6.09. The number of aliphatic hydroxyl groups excluding tert-OH is 1. The van der Waals surface area contributed by atoms with Crippen LogP contribution in [0.15, 0.2) is 102 Å². The van der Waals surface area contributed by atoms with E-state index in [4.69, 9.17) is 5.73 Å². The molecule has 222 valence electrons. The van der Waals surface area contributed by atoms with Crippen LogP contribution >= 0.6 is 11.3 Å². The van der Waals surface area contributed by atoms with Gasteiger partial charge >= 0.3 is 0 Å². The van der Waals surface area contributed by atoms with E-state index in [1.165, 1.54) is 11.3 Å². The first-order valence-corrected chi connectivity index (χ1v) is 15.3. The molecule has 5 rings (SSSR count). The summed E-state index contributed by atoms with van der Waals surface area (Å²) in [4.78, 5) is 35.2. The number of anilines is 1. The SMILES string of the molecule is Cc1csc(CN(C)C(=O)C2=CC=CC(C(N)=O)([C@H](Cc3ccccc3)[C@@H](O)CN(C)c3cccc4ccccc34)C2)n1. The Bertz CT molecular complexity index is 1660. The van der Waals surface area contributed by atoms with Crippen LogP contribution in [0.4, 0.5) is 5.69 Å². The molecule has 0 spiro atoms. The Morgan fingerprint density at radius 3 is 2.49 bits per heavy atom. The van der Waals surface area contributed by atoms with Gasteiger partial charge in [-0.05, 0) is 36.8 Å². The Labute approximate surface area is 257 Å². The first-order valence-electron chi connectivity index (χ1n) is 14.4. The molecule has 0 aliphatic heterocycles. The second-order valence-corrected chi connectivity index (χ2v) is 12.4. The van der Waals surface area contributed by atoms with Gasteiger partial charge < -0.3 is 20.6 Å². The molecule has 0 fully saturated rings. The van der Waals surface area contributed by atoms with Gasteiger partial charge in [0.05, 0.1) is 18.1 Å². The molecule has 4 aromatic rings. The summed E-state index contributed by atoms with van der Waals surface area (Å²) in [5.74, 6) is -1.35. The van der Waals surface area contributed by atoms with Crippen LogP contribution < -0.4 is 10.6 Å². The van der Waals surface area contributed by atoms with Gasteiger partial charge in [-0.15, -0.1) is 11.3 Å². The van der Waals surface area contributed by atoms with Crippen molar-refractivity contribution in [2.45, 2.75) is 32.4 Å². The quantitative estimate of drug-likeness (QED) is 0.246. The fourth-order valence-corrected chi connectivity index (χ4v) is 6.92. The third-order valence-electron chi connectivity index (χ3n) is 8.36. The minimum Gasteiger partial charge on any atom is -0.391 e. The lowest BCUT2D eigenvalue weighted by Crippen LogP contribution is -2.51. The number of nitrogens with zero attached hydrogens (tertiary/aromatic N) is 3. The Morgan fingerprint density at radius 2 is 1.77 bits per heavy atom. The predicted molar refractivity (Wildman–Crippen MR) is 174 cm³/mol. The number of hydrogen-bond donors (Lipinski definition) is 2. The van der Waals surface area contributed by atoms with Crippen LogP contribution in [0.2, 0.25) is 0 Å². The predicted octanol–water partition coefficient (Wildman–Crippen LogP) is 5.28. The first kappa shape index (κ1) is 30.2. The summed E-state index contributed by atoms with van der Waals surface area (Å²) in [5.41, 5.74) is 8.29. The summed E-state index contributed by atoms with van der Waals surface area (Å²) < 4.78 is 0. The number of allylic oxidation sites excluding steroid dienone is 2. The van der Waals surface area contributed by atoms with Gasteiger partial charge in [-0.2, -0.15) is 0 Å². The van der Waals surface area contributed by atoms with Gasteiger partial charge in [-0.1, -0.05) is 85.0 Å². The average molecular weight is 595 g/mol. The van der Waals surface area contributed by atoms with Crippen LogP contribution in [0.5, 0.6) is 0 Å². The lowest BCUT2D eigenvalue weighted by molar-refractivity contribution is -0.131. The Hall–Kier alpha value is -4.27. The molecule has 3 atom stereocenters. The van der Waals surface area contributed by atoms with Gasteiger partial charge in [0.2, 0.25) is 11.8 Å². The van der Waals surface area contributed by atoms with Crippen molar-refractivity contribution in [3.05, 3.63) is 118 Å². The molecule has 7 nitrogen and oxygen atoms in total. The zero-order chi connectivity index (χ0) is 30.6. The van der Waals surface area contributed by atoms with E-state index in [1.807, 2.05) is 78.8 Å². The van der Waals surface area contributed by atoms with E-state index in [0.717, 1.165) is 32.7 Å². The third-order valence-corrected chi connectivity index (χ3v) is 9.31. The molecule has 1 heterocycles. The van der Waals surface area contributed by atoms with Gasteiger partial charge in [0.1, 0.15) is 5.01 Å². The molecule has 8 heteroatoms. The molecule has 0 radical (unpaired) electrons. The van der Waals surface area contributed by atoms with E-state index in [-0.39, 0.29) is 18.9 Å². The summed E-state index contributed by atoms with van der Waals surface area (Å²) in [6.07, 6.45) is 4.85. The number of hydrogen-bond acceptors (Lipinski definition) is 6. The molecule has 1 unspecified atom stereocenters. The van der Waals surface area contributed by atoms with Crippen LogP contribution in [-0.4, -0.2) is 53.5 Å². The number of carbonyl (C=O) groups is 2. The summed E-state index contributed by atoms with van der Waals surface area (Å²) in [7, 11) is 3.68. The van der Waals surface area contributed by atoms with Crippen LogP contribution in [0.25, 0.3) is 10.8 Å². The van der Waals surface area contributed by atoms with Crippen molar-refractivity contribution in [1.82, 2.24) is 9.88 Å². The lowest BCUT2D eigenvalue weighted by atomic mass is 9.64. The van der Waals surface area contributed by atoms with Gasteiger partial charge in [-0.25, -0.2) is 4.98 Å². The smallest absolute Gasteiger partial charge is 0.249 e. The van der Waals surface area contributed by atoms with E-state index in [9.17, 15) is 14.7 Å². The zero-order valence-electron chi connectivity index (χ0n) is 24.8. The lowest BCUT2D eigenvalue weighted by Gasteiger charge is -2.42. The number of carbonyl (C=O) groups excluding carboxylic acids is 2. The van der Waals surface area contributed by atoms with Crippen molar-refractivity contribution in [3.63, 3.8) is 0 Å². The molecule has 1 aliphatic carbocycles. The van der Waals surface area contributed by atoms with Crippen molar-refractivity contribution in [3.8, 4) is 0 Å². The molecule has 1 aliphatic rings. The van der Waals surface area contributed by atoms with Crippen LogP contribution in [0.3, 0.4) is 0 Å². The summed E-state index contributed by atoms with van der Waals surface area (Å²) >= 11 is 1.51. The van der Waals surface area contributed by atoms with Gasteiger partial charge in [0.15, 0.2) is 0 Å². The molecule has 0 saturated carbocycles. The largest absolute Gasteiger partial charge is 0.391 e. The van der Waals surface area contributed by atoms with Crippen molar-refractivity contribution in [2.24, 2.45) is 17.1 Å². The highest BCUT2D eigenvalue weighted by molar-refractivity contribution is 7.09.